The summed E-state index contributed by atoms with van der Waals surface area (Å²) in [6.07, 6.45) is 1.42. The van der Waals surface area contributed by atoms with Crippen molar-refractivity contribution in [3.05, 3.63) is 71.0 Å². The lowest BCUT2D eigenvalue weighted by Crippen LogP contribution is -2.55. The number of nitrogens with zero attached hydrogens (tertiary/aromatic N) is 2. The molecule has 0 spiro atoms. The van der Waals surface area contributed by atoms with Crippen molar-refractivity contribution in [1.82, 2.24) is 9.80 Å². The number of piperazine rings is 1. The number of aryl methyl sites for hydroxylation is 1. The zero-order valence-electron chi connectivity index (χ0n) is 14.5. The van der Waals surface area contributed by atoms with Crippen LogP contribution in [0.5, 0.6) is 0 Å². The van der Waals surface area contributed by atoms with Crippen molar-refractivity contribution in [2.24, 2.45) is 0 Å². The summed E-state index contributed by atoms with van der Waals surface area (Å²) < 4.78 is 13.7. The Labute approximate surface area is 152 Å². The van der Waals surface area contributed by atoms with E-state index in [1.54, 1.807) is 23.1 Å². The van der Waals surface area contributed by atoms with Gasteiger partial charge in [-0.1, -0.05) is 42.5 Å². The molecule has 5 heteroatoms. The summed E-state index contributed by atoms with van der Waals surface area (Å²) in [5.41, 5.74) is 2.93. The van der Waals surface area contributed by atoms with Crippen LogP contribution in [-0.2, 0) is 22.4 Å². The van der Waals surface area contributed by atoms with Gasteiger partial charge in [0, 0.05) is 19.5 Å². The molecule has 0 bridgehead atoms. The molecule has 2 amide bonds. The summed E-state index contributed by atoms with van der Waals surface area (Å²) in [5, 5.41) is 0. The molecule has 0 N–H and O–H groups in total. The monoisotopic (exact) mass is 352 g/mol. The fourth-order valence-corrected chi connectivity index (χ4v) is 3.97. The van der Waals surface area contributed by atoms with Crippen LogP contribution in [0, 0.1) is 5.82 Å². The van der Waals surface area contributed by atoms with Gasteiger partial charge in [0.25, 0.3) is 0 Å². The van der Waals surface area contributed by atoms with Gasteiger partial charge in [-0.05, 0) is 35.6 Å². The Hall–Kier alpha value is -2.69. The van der Waals surface area contributed by atoms with Gasteiger partial charge >= 0.3 is 0 Å². The maximum atomic E-state index is 13.7. The van der Waals surface area contributed by atoms with Crippen LogP contribution in [0.2, 0.25) is 0 Å². The zero-order chi connectivity index (χ0) is 18.1. The minimum atomic E-state index is -0.289. The molecule has 2 heterocycles. The Morgan fingerprint density at radius 3 is 2.73 bits per heavy atom. The summed E-state index contributed by atoms with van der Waals surface area (Å²) in [6, 6.07) is 14.6. The van der Waals surface area contributed by atoms with Crippen molar-refractivity contribution in [3.63, 3.8) is 0 Å². The maximum Gasteiger partial charge on any atom is 0.242 e. The number of carbonyl (C=O) groups excluding carboxylic acids is 2. The standard InChI is InChI=1S/C21H21FN2O2/c22-18-8-4-2-6-16(18)9-10-20(25)23-13-19-17-7-3-1-5-15(17)11-12-24(19)21(26)14-23/h1-8,19H,9-14H2. The topological polar surface area (TPSA) is 40.6 Å². The molecule has 2 aromatic carbocycles. The molecule has 4 nitrogen and oxygen atoms in total. The Kier molecular flexibility index (Phi) is 4.45. The molecule has 4 rings (SSSR count). The van der Waals surface area contributed by atoms with E-state index in [1.807, 2.05) is 23.1 Å². The minimum Gasteiger partial charge on any atom is -0.332 e. The Morgan fingerprint density at radius 2 is 1.88 bits per heavy atom. The zero-order valence-corrected chi connectivity index (χ0v) is 14.5. The molecule has 2 aliphatic heterocycles. The van der Waals surface area contributed by atoms with Crippen LogP contribution < -0.4 is 0 Å². The van der Waals surface area contributed by atoms with Crippen LogP contribution >= 0.6 is 0 Å². The van der Waals surface area contributed by atoms with Crippen molar-refractivity contribution in [3.8, 4) is 0 Å². The van der Waals surface area contributed by atoms with Gasteiger partial charge in [-0.25, -0.2) is 4.39 Å². The smallest absolute Gasteiger partial charge is 0.242 e. The third kappa shape index (κ3) is 3.09. The predicted molar refractivity (Wildman–Crippen MR) is 95.9 cm³/mol. The molecule has 1 fully saturated rings. The maximum absolute atomic E-state index is 13.7. The van der Waals surface area contributed by atoms with E-state index in [-0.39, 0.29) is 36.6 Å². The SMILES string of the molecule is O=C(CCc1ccccc1F)N1CC(=O)N2CCc3ccccc3C2C1. The average molecular weight is 352 g/mol. The van der Waals surface area contributed by atoms with Crippen LogP contribution in [-0.4, -0.2) is 41.2 Å². The van der Waals surface area contributed by atoms with Crippen LogP contribution in [0.25, 0.3) is 0 Å². The van der Waals surface area contributed by atoms with Crippen molar-refractivity contribution >= 4 is 11.8 Å². The molecule has 2 aromatic rings. The third-order valence-electron chi connectivity index (χ3n) is 5.37. The van der Waals surface area contributed by atoms with Gasteiger partial charge in [0.2, 0.25) is 11.8 Å². The summed E-state index contributed by atoms with van der Waals surface area (Å²) in [6.45, 7) is 1.34. The summed E-state index contributed by atoms with van der Waals surface area (Å²) >= 11 is 0. The molecule has 0 aliphatic carbocycles. The number of halogens is 1. The number of hydrogen-bond donors (Lipinski definition) is 0. The van der Waals surface area contributed by atoms with Gasteiger partial charge in [-0.3, -0.25) is 9.59 Å². The molecule has 0 saturated carbocycles. The second-order valence-corrected chi connectivity index (χ2v) is 6.92. The van der Waals surface area contributed by atoms with E-state index in [2.05, 4.69) is 6.07 Å². The molecular weight excluding hydrogens is 331 g/mol. The fraction of sp³-hybridized carbons (Fsp3) is 0.333. The first kappa shape index (κ1) is 16.8. The van der Waals surface area contributed by atoms with Crippen LogP contribution in [0.1, 0.15) is 29.2 Å². The normalized spacial score (nSPS) is 19.1. The fourth-order valence-electron chi connectivity index (χ4n) is 3.97. The average Bonchev–Trinajstić information content (AvgIpc) is 2.67. The largest absolute Gasteiger partial charge is 0.332 e. The lowest BCUT2D eigenvalue weighted by Gasteiger charge is -2.44. The summed E-state index contributed by atoms with van der Waals surface area (Å²) in [7, 11) is 0. The highest BCUT2D eigenvalue weighted by atomic mass is 19.1. The van der Waals surface area contributed by atoms with Gasteiger partial charge in [0.15, 0.2) is 0 Å². The van der Waals surface area contributed by atoms with Gasteiger partial charge < -0.3 is 9.80 Å². The molecule has 0 aromatic heterocycles. The van der Waals surface area contributed by atoms with E-state index in [4.69, 9.17) is 0 Å². The number of benzene rings is 2. The van der Waals surface area contributed by atoms with Gasteiger partial charge in [0.05, 0.1) is 12.6 Å². The summed E-state index contributed by atoms with van der Waals surface area (Å²) in [4.78, 5) is 28.7. The molecule has 1 unspecified atom stereocenters. The lowest BCUT2D eigenvalue weighted by molar-refractivity contribution is -0.149. The molecule has 1 saturated heterocycles. The highest BCUT2D eigenvalue weighted by Crippen LogP contribution is 2.33. The third-order valence-corrected chi connectivity index (χ3v) is 5.37. The van der Waals surface area contributed by atoms with Crippen LogP contribution in [0.15, 0.2) is 48.5 Å². The lowest BCUT2D eigenvalue weighted by atomic mass is 9.90. The van der Waals surface area contributed by atoms with Crippen molar-refractivity contribution in [1.29, 1.82) is 0 Å². The first-order valence-electron chi connectivity index (χ1n) is 9.02. The molecular formula is C21H21FN2O2. The summed E-state index contributed by atoms with van der Waals surface area (Å²) in [5.74, 6) is -0.387. The highest BCUT2D eigenvalue weighted by molar-refractivity contribution is 5.87. The number of fused-ring (bicyclic) bond motifs is 3. The highest BCUT2D eigenvalue weighted by Gasteiger charge is 2.38. The van der Waals surface area contributed by atoms with E-state index in [0.29, 0.717) is 25.1 Å². The second kappa shape index (κ2) is 6.90. The van der Waals surface area contributed by atoms with Gasteiger partial charge in [-0.15, -0.1) is 0 Å². The Balaban J connectivity index is 1.48. The van der Waals surface area contributed by atoms with Crippen molar-refractivity contribution < 1.29 is 14.0 Å². The molecule has 1 atom stereocenters. The van der Waals surface area contributed by atoms with Crippen molar-refractivity contribution in [2.45, 2.75) is 25.3 Å². The number of rotatable bonds is 3. The Bertz CT molecular complexity index is 851. The van der Waals surface area contributed by atoms with Gasteiger partial charge in [-0.2, -0.15) is 0 Å². The minimum absolute atomic E-state index is 0.00463. The first-order chi connectivity index (χ1) is 12.6. The number of carbonyl (C=O) groups is 2. The second-order valence-electron chi connectivity index (χ2n) is 6.92. The predicted octanol–water partition coefficient (Wildman–Crippen LogP) is 2.73. The number of amides is 2. The van der Waals surface area contributed by atoms with E-state index in [1.165, 1.54) is 11.6 Å². The molecule has 134 valence electrons. The Morgan fingerprint density at radius 1 is 1.12 bits per heavy atom. The van der Waals surface area contributed by atoms with Gasteiger partial charge in [0.1, 0.15) is 5.82 Å². The number of hydrogen-bond acceptors (Lipinski definition) is 2. The molecule has 0 radical (unpaired) electrons. The first-order valence-corrected chi connectivity index (χ1v) is 9.02. The van der Waals surface area contributed by atoms with Crippen molar-refractivity contribution in [2.75, 3.05) is 19.6 Å². The van der Waals surface area contributed by atoms with E-state index in [0.717, 1.165) is 12.0 Å². The van der Waals surface area contributed by atoms with Crippen LogP contribution in [0.4, 0.5) is 4.39 Å². The van der Waals surface area contributed by atoms with E-state index in [9.17, 15) is 14.0 Å². The van der Waals surface area contributed by atoms with E-state index >= 15 is 0 Å². The van der Waals surface area contributed by atoms with Crippen LogP contribution in [0.3, 0.4) is 0 Å². The van der Waals surface area contributed by atoms with E-state index < -0.39 is 0 Å². The molecule has 26 heavy (non-hydrogen) atoms. The quantitative estimate of drug-likeness (QED) is 0.852. The molecule has 2 aliphatic rings.